The van der Waals surface area contributed by atoms with Gasteiger partial charge in [0.25, 0.3) is 0 Å². The van der Waals surface area contributed by atoms with Crippen LogP contribution in [-0.4, -0.2) is 44.1 Å². The third-order valence-corrected chi connectivity index (χ3v) is 3.14. The van der Waals surface area contributed by atoms with Gasteiger partial charge in [-0.15, -0.1) is 0 Å². The van der Waals surface area contributed by atoms with E-state index in [2.05, 4.69) is 15.7 Å². The lowest BCUT2D eigenvalue weighted by Crippen LogP contribution is -2.49. The van der Waals surface area contributed by atoms with Gasteiger partial charge in [0.1, 0.15) is 0 Å². The molecule has 0 fully saturated rings. The summed E-state index contributed by atoms with van der Waals surface area (Å²) in [5, 5.41) is 27.3. The van der Waals surface area contributed by atoms with Crippen LogP contribution in [0.15, 0.2) is 0 Å². The van der Waals surface area contributed by atoms with Gasteiger partial charge in [-0.25, -0.2) is 9.59 Å². The molecule has 112 valence electrons. The Bertz CT molecular complexity index is 522. The van der Waals surface area contributed by atoms with Crippen LogP contribution in [0.4, 0.5) is 4.79 Å². The molecule has 4 N–H and O–H groups in total. The van der Waals surface area contributed by atoms with Crippen LogP contribution in [0.5, 0.6) is 0 Å². The van der Waals surface area contributed by atoms with E-state index in [0.29, 0.717) is 0 Å². The molecule has 0 aliphatic carbocycles. The van der Waals surface area contributed by atoms with E-state index in [-0.39, 0.29) is 13.1 Å². The molecule has 1 atom stereocenters. The monoisotopic (exact) mass is 284 g/mol. The number of urea groups is 1. The molecule has 0 radical (unpaired) electrons. The minimum atomic E-state index is -1.99. The molecule has 1 unspecified atom stereocenters. The molecule has 0 spiro atoms. The second-order valence-corrected chi connectivity index (χ2v) is 4.89. The Labute approximate surface area is 116 Å². The average molecular weight is 284 g/mol. The van der Waals surface area contributed by atoms with E-state index in [1.807, 2.05) is 20.9 Å². The van der Waals surface area contributed by atoms with Crippen LogP contribution in [0.2, 0.25) is 0 Å². The topological polar surface area (TPSA) is 116 Å². The number of nitrogens with one attached hydrogen (secondary N) is 2. The lowest BCUT2D eigenvalue weighted by Gasteiger charge is -2.18. The normalized spacial score (nSPS) is 13.7. The van der Waals surface area contributed by atoms with E-state index in [4.69, 9.17) is 5.11 Å². The van der Waals surface area contributed by atoms with Crippen LogP contribution in [0, 0.1) is 13.8 Å². The lowest BCUT2D eigenvalue weighted by molar-refractivity contribution is -0.155. The first-order chi connectivity index (χ1) is 9.15. The Morgan fingerprint density at radius 3 is 2.40 bits per heavy atom. The molecule has 0 saturated carbocycles. The molecule has 0 bridgehead atoms. The summed E-state index contributed by atoms with van der Waals surface area (Å²) >= 11 is 0. The number of hydrogen-bond acceptors (Lipinski definition) is 4. The number of carboxylic acid groups (broad SMARTS) is 1. The molecule has 1 rings (SSSR count). The highest BCUT2D eigenvalue weighted by Gasteiger charge is 2.30. The fourth-order valence-electron chi connectivity index (χ4n) is 1.63. The average Bonchev–Trinajstić information content (AvgIpc) is 2.59. The van der Waals surface area contributed by atoms with Gasteiger partial charge in [0.15, 0.2) is 5.60 Å². The van der Waals surface area contributed by atoms with Gasteiger partial charge in [-0.05, 0) is 20.8 Å². The number of amides is 2. The fourth-order valence-corrected chi connectivity index (χ4v) is 1.63. The number of hydrogen-bond donors (Lipinski definition) is 4. The van der Waals surface area contributed by atoms with E-state index in [9.17, 15) is 14.7 Å². The van der Waals surface area contributed by atoms with E-state index >= 15 is 0 Å². The van der Waals surface area contributed by atoms with Gasteiger partial charge >= 0.3 is 12.0 Å². The molecule has 0 aliphatic heterocycles. The van der Waals surface area contributed by atoms with Crippen LogP contribution >= 0.6 is 0 Å². The summed E-state index contributed by atoms with van der Waals surface area (Å²) in [5.41, 5.74) is 0.688. The van der Waals surface area contributed by atoms with Crippen molar-refractivity contribution in [1.29, 1.82) is 0 Å². The van der Waals surface area contributed by atoms with Gasteiger partial charge in [0.05, 0.1) is 12.2 Å². The highest BCUT2D eigenvalue weighted by Crippen LogP contribution is 2.11. The highest BCUT2D eigenvalue weighted by molar-refractivity contribution is 5.79. The minimum Gasteiger partial charge on any atom is -0.479 e. The maximum Gasteiger partial charge on any atom is 0.337 e. The number of aliphatic carboxylic acids is 1. The van der Waals surface area contributed by atoms with Crippen LogP contribution in [-0.2, 0) is 18.4 Å². The van der Waals surface area contributed by atoms with E-state index in [1.54, 1.807) is 4.68 Å². The molecule has 8 heteroatoms. The van der Waals surface area contributed by atoms with Gasteiger partial charge in [-0.2, -0.15) is 5.10 Å². The maximum absolute atomic E-state index is 11.6. The van der Waals surface area contributed by atoms with Crippen molar-refractivity contribution in [2.75, 3.05) is 6.54 Å². The molecule has 2 amide bonds. The first-order valence-electron chi connectivity index (χ1n) is 6.11. The third-order valence-electron chi connectivity index (χ3n) is 3.14. The first-order valence-corrected chi connectivity index (χ1v) is 6.11. The van der Waals surface area contributed by atoms with Crippen LogP contribution in [0.3, 0.4) is 0 Å². The standard InChI is InChI=1S/C12H20N4O4/c1-7-9(8(2)16(4)15-7)5-13-11(19)14-6-12(3,20)10(17)18/h20H,5-6H2,1-4H3,(H,17,18)(H2,13,14,19). The summed E-state index contributed by atoms with van der Waals surface area (Å²) in [4.78, 5) is 22.2. The summed E-state index contributed by atoms with van der Waals surface area (Å²) in [7, 11) is 1.82. The quantitative estimate of drug-likeness (QED) is 0.591. The van der Waals surface area contributed by atoms with Gasteiger partial charge < -0.3 is 20.8 Å². The number of rotatable bonds is 5. The summed E-state index contributed by atoms with van der Waals surface area (Å²) in [6.07, 6.45) is 0. The Morgan fingerprint density at radius 2 is 1.95 bits per heavy atom. The zero-order valence-corrected chi connectivity index (χ0v) is 12.0. The SMILES string of the molecule is Cc1nn(C)c(C)c1CNC(=O)NCC(C)(O)C(=O)O. The molecule has 1 aromatic rings. The van der Waals surface area contributed by atoms with Crippen molar-refractivity contribution >= 4 is 12.0 Å². The molecule has 20 heavy (non-hydrogen) atoms. The van der Waals surface area contributed by atoms with Gasteiger partial charge in [-0.1, -0.05) is 0 Å². The van der Waals surface area contributed by atoms with Crippen LogP contribution < -0.4 is 10.6 Å². The minimum absolute atomic E-state index is 0.284. The van der Waals surface area contributed by atoms with E-state index in [0.717, 1.165) is 23.9 Å². The molecule has 1 aromatic heterocycles. The fraction of sp³-hybridized carbons (Fsp3) is 0.583. The summed E-state index contributed by atoms with van der Waals surface area (Å²) in [6, 6.07) is -0.547. The number of aliphatic hydroxyl groups is 1. The zero-order valence-electron chi connectivity index (χ0n) is 12.0. The number of carbonyl (C=O) groups is 2. The molecule has 0 saturated heterocycles. The lowest BCUT2D eigenvalue weighted by atomic mass is 10.1. The summed E-state index contributed by atoms with van der Waals surface area (Å²) in [6.45, 7) is 4.76. The number of carboxylic acids is 1. The van der Waals surface area contributed by atoms with E-state index in [1.165, 1.54) is 0 Å². The predicted molar refractivity (Wildman–Crippen MR) is 71.2 cm³/mol. The molecule has 0 aliphatic rings. The number of aryl methyl sites for hydroxylation is 2. The molecule has 8 nitrogen and oxygen atoms in total. The van der Waals surface area contributed by atoms with Crippen molar-refractivity contribution in [3.8, 4) is 0 Å². The highest BCUT2D eigenvalue weighted by atomic mass is 16.4. The predicted octanol–water partition coefficient (Wildman–Crippen LogP) is -0.328. The molecular formula is C12H20N4O4. The Balaban J connectivity index is 2.50. The zero-order chi connectivity index (χ0) is 15.5. The molecule has 0 aromatic carbocycles. The van der Waals surface area contributed by atoms with Crippen LogP contribution in [0.1, 0.15) is 23.9 Å². The van der Waals surface area contributed by atoms with Crippen molar-refractivity contribution < 1.29 is 19.8 Å². The second kappa shape index (κ2) is 5.91. The van der Waals surface area contributed by atoms with Crippen molar-refractivity contribution in [2.45, 2.75) is 32.9 Å². The largest absolute Gasteiger partial charge is 0.479 e. The van der Waals surface area contributed by atoms with Crippen molar-refractivity contribution in [2.24, 2.45) is 7.05 Å². The Kier molecular flexibility index (Phi) is 4.72. The van der Waals surface area contributed by atoms with Crippen molar-refractivity contribution in [1.82, 2.24) is 20.4 Å². The Morgan fingerprint density at radius 1 is 1.35 bits per heavy atom. The summed E-state index contributed by atoms with van der Waals surface area (Å²) in [5.74, 6) is -1.39. The summed E-state index contributed by atoms with van der Waals surface area (Å²) < 4.78 is 1.72. The smallest absolute Gasteiger partial charge is 0.337 e. The van der Waals surface area contributed by atoms with Crippen LogP contribution in [0.25, 0.3) is 0 Å². The Hall–Kier alpha value is -2.09. The van der Waals surface area contributed by atoms with Gasteiger partial charge in [-0.3, -0.25) is 4.68 Å². The second-order valence-electron chi connectivity index (χ2n) is 4.89. The van der Waals surface area contributed by atoms with E-state index < -0.39 is 17.6 Å². The van der Waals surface area contributed by atoms with Crippen molar-refractivity contribution in [3.05, 3.63) is 17.0 Å². The first kappa shape index (κ1) is 16.0. The number of aromatic nitrogens is 2. The van der Waals surface area contributed by atoms with Gasteiger partial charge in [0, 0.05) is 24.8 Å². The number of nitrogens with zero attached hydrogens (tertiary/aromatic N) is 2. The molecule has 1 heterocycles. The molecular weight excluding hydrogens is 264 g/mol. The number of carbonyl (C=O) groups excluding carboxylic acids is 1. The van der Waals surface area contributed by atoms with Crippen molar-refractivity contribution in [3.63, 3.8) is 0 Å². The van der Waals surface area contributed by atoms with Gasteiger partial charge in [0.2, 0.25) is 0 Å². The maximum atomic E-state index is 11.6. The third kappa shape index (κ3) is 3.70.